The standard InChI is InChI=1S/C14H21N5.C3H6O.C2H4/c1-5-10(2)6-7-11(3)12(4)18-14(15)19-13-8-16-17-9-13;1-3(2)4;1-2/h6-9H,5H2,1-4H3,(H2,15,19)(H,16,17);1-2H3;1-2H2/b10-6+,11-7+,18-12+;;. The molecule has 0 spiro atoms. The molecule has 1 aromatic heterocycles. The van der Waals surface area contributed by atoms with Crippen LogP contribution in [0.5, 0.6) is 0 Å². The topological polar surface area (TPSA) is 96.5 Å². The Hall–Kier alpha value is -2.76. The molecule has 0 aliphatic carbocycles. The highest BCUT2D eigenvalue weighted by Gasteiger charge is 1.97. The van der Waals surface area contributed by atoms with Crippen molar-refractivity contribution in [2.24, 2.45) is 15.7 Å². The van der Waals surface area contributed by atoms with Gasteiger partial charge in [-0.2, -0.15) is 5.10 Å². The third-order valence-corrected chi connectivity index (χ3v) is 2.76. The molecule has 0 radical (unpaired) electrons. The van der Waals surface area contributed by atoms with Gasteiger partial charge in [0, 0.05) is 11.9 Å². The Morgan fingerprint density at radius 1 is 1.24 bits per heavy atom. The summed E-state index contributed by atoms with van der Waals surface area (Å²) < 4.78 is 0. The molecular weight excluding hydrogens is 314 g/mol. The summed E-state index contributed by atoms with van der Waals surface area (Å²) in [6, 6.07) is 0. The smallest absolute Gasteiger partial charge is 0.220 e. The van der Waals surface area contributed by atoms with Gasteiger partial charge in [-0.3, -0.25) is 5.10 Å². The number of guanidine groups is 1. The third-order valence-electron chi connectivity index (χ3n) is 2.76. The van der Waals surface area contributed by atoms with Crippen LogP contribution in [0.15, 0.2) is 58.8 Å². The average molecular weight is 345 g/mol. The molecule has 0 bridgehead atoms. The second kappa shape index (κ2) is 14.8. The Balaban J connectivity index is 0. The molecule has 0 saturated heterocycles. The van der Waals surface area contributed by atoms with Gasteiger partial charge in [0.05, 0.1) is 6.20 Å². The molecule has 0 fully saturated rings. The summed E-state index contributed by atoms with van der Waals surface area (Å²) >= 11 is 0. The van der Waals surface area contributed by atoms with Gasteiger partial charge in [-0.05, 0) is 46.6 Å². The average Bonchev–Trinajstić information content (AvgIpc) is 3.06. The van der Waals surface area contributed by atoms with Crippen LogP contribution in [0.4, 0.5) is 5.69 Å². The number of H-pyrrole nitrogens is 1. The summed E-state index contributed by atoms with van der Waals surface area (Å²) in [5.74, 6) is 0.392. The molecule has 0 saturated carbocycles. The number of nitrogens with one attached hydrogen (secondary N) is 1. The quantitative estimate of drug-likeness (QED) is 0.363. The largest absolute Gasteiger partial charge is 0.368 e. The maximum absolute atomic E-state index is 9.44. The van der Waals surface area contributed by atoms with E-state index in [1.807, 2.05) is 19.9 Å². The number of carbonyl (C=O) groups excluding carboxylic acids is 1. The van der Waals surface area contributed by atoms with Crippen LogP contribution in [0.3, 0.4) is 0 Å². The van der Waals surface area contributed by atoms with Gasteiger partial charge in [0.2, 0.25) is 5.96 Å². The molecule has 1 heterocycles. The molecule has 0 aromatic carbocycles. The molecule has 0 aliphatic rings. The fraction of sp³-hybridized carbons (Fsp3) is 0.368. The highest BCUT2D eigenvalue weighted by Crippen LogP contribution is 2.07. The maximum atomic E-state index is 9.44. The molecular formula is C19H31N5O. The van der Waals surface area contributed by atoms with E-state index in [0.717, 1.165) is 17.7 Å². The van der Waals surface area contributed by atoms with E-state index in [9.17, 15) is 4.79 Å². The SMILES string of the molecule is C=C.CC(C)=O.CC/C(C)=C/C=C(C)/C(C)=N/C(N)=Nc1cn[nH]c1. The number of allylic oxidation sites excluding steroid dienone is 4. The van der Waals surface area contributed by atoms with E-state index in [0.29, 0.717) is 5.69 Å². The number of Topliss-reactive ketones (excluding diaryl/α,β-unsaturated/α-hetero) is 1. The van der Waals surface area contributed by atoms with Crippen LogP contribution in [0, 0.1) is 0 Å². The van der Waals surface area contributed by atoms with Crippen LogP contribution in [0.25, 0.3) is 0 Å². The molecule has 1 rings (SSSR count). The van der Waals surface area contributed by atoms with E-state index in [1.54, 1.807) is 12.4 Å². The zero-order chi connectivity index (χ0) is 19.8. The lowest BCUT2D eigenvalue weighted by Gasteiger charge is -2.00. The van der Waals surface area contributed by atoms with Gasteiger partial charge in [-0.15, -0.1) is 13.2 Å². The highest BCUT2D eigenvalue weighted by molar-refractivity contribution is 6.05. The van der Waals surface area contributed by atoms with Crippen LogP contribution in [-0.4, -0.2) is 27.7 Å². The summed E-state index contributed by atoms with van der Waals surface area (Å²) in [4.78, 5) is 17.8. The van der Waals surface area contributed by atoms with Gasteiger partial charge in [0.15, 0.2) is 0 Å². The van der Waals surface area contributed by atoms with Gasteiger partial charge in [0.25, 0.3) is 0 Å². The molecule has 6 nitrogen and oxygen atoms in total. The minimum absolute atomic E-state index is 0.167. The number of hydrogen-bond donors (Lipinski definition) is 2. The number of rotatable bonds is 4. The van der Waals surface area contributed by atoms with E-state index in [4.69, 9.17) is 5.73 Å². The molecule has 138 valence electrons. The van der Waals surface area contributed by atoms with Gasteiger partial charge in [-0.25, -0.2) is 9.98 Å². The second-order valence-electron chi connectivity index (χ2n) is 5.25. The predicted molar refractivity (Wildman–Crippen MR) is 108 cm³/mol. The van der Waals surface area contributed by atoms with E-state index in [-0.39, 0.29) is 11.7 Å². The lowest BCUT2D eigenvalue weighted by atomic mass is 10.1. The minimum atomic E-state index is 0.167. The lowest BCUT2D eigenvalue weighted by Crippen LogP contribution is -2.10. The summed E-state index contributed by atoms with van der Waals surface area (Å²) in [6.45, 7) is 17.2. The summed E-state index contributed by atoms with van der Waals surface area (Å²) in [6.07, 6.45) is 8.44. The van der Waals surface area contributed by atoms with E-state index < -0.39 is 0 Å². The van der Waals surface area contributed by atoms with Crippen molar-refractivity contribution in [1.29, 1.82) is 0 Å². The summed E-state index contributed by atoms with van der Waals surface area (Å²) in [5.41, 5.74) is 9.67. The van der Waals surface area contributed by atoms with Gasteiger partial charge < -0.3 is 10.5 Å². The fourth-order valence-electron chi connectivity index (χ4n) is 1.23. The number of nitrogens with zero attached hydrogens (tertiary/aromatic N) is 3. The van der Waals surface area contributed by atoms with Crippen molar-refractivity contribution >= 4 is 23.1 Å². The van der Waals surface area contributed by atoms with Crippen molar-refractivity contribution in [2.45, 2.75) is 48.0 Å². The molecule has 6 heteroatoms. The van der Waals surface area contributed by atoms with E-state index in [2.05, 4.69) is 53.3 Å². The molecule has 25 heavy (non-hydrogen) atoms. The van der Waals surface area contributed by atoms with Gasteiger partial charge in [-0.1, -0.05) is 24.6 Å². The van der Waals surface area contributed by atoms with Crippen LogP contribution in [-0.2, 0) is 4.79 Å². The first-order valence-corrected chi connectivity index (χ1v) is 7.96. The van der Waals surface area contributed by atoms with Crippen molar-refractivity contribution in [3.63, 3.8) is 0 Å². The molecule has 0 aliphatic heterocycles. The predicted octanol–water partition coefficient (Wildman–Crippen LogP) is 4.52. The Morgan fingerprint density at radius 3 is 2.24 bits per heavy atom. The number of nitrogens with two attached hydrogens (primary N) is 1. The Morgan fingerprint density at radius 2 is 1.80 bits per heavy atom. The number of aromatic nitrogens is 2. The summed E-state index contributed by atoms with van der Waals surface area (Å²) in [7, 11) is 0. The van der Waals surface area contributed by atoms with Crippen molar-refractivity contribution in [2.75, 3.05) is 0 Å². The zero-order valence-electron chi connectivity index (χ0n) is 16.3. The van der Waals surface area contributed by atoms with Crippen molar-refractivity contribution in [1.82, 2.24) is 10.2 Å². The van der Waals surface area contributed by atoms with Crippen LogP contribution in [0.2, 0.25) is 0 Å². The molecule has 1 aromatic rings. The Bertz CT molecular complexity index is 618. The first-order chi connectivity index (χ1) is 11.8. The molecule has 0 unspecified atom stereocenters. The number of aliphatic imine (C=N–C) groups is 2. The first kappa shape index (κ1) is 24.5. The maximum Gasteiger partial charge on any atom is 0.220 e. The first-order valence-electron chi connectivity index (χ1n) is 7.96. The van der Waals surface area contributed by atoms with E-state index in [1.165, 1.54) is 19.4 Å². The van der Waals surface area contributed by atoms with Gasteiger partial charge in [0.1, 0.15) is 11.5 Å². The number of hydrogen-bond acceptors (Lipinski definition) is 3. The number of aromatic amines is 1. The Kier molecular flexibility index (Phi) is 14.5. The van der Waals surface area contributed by atoms with Crippen LogP contribution in [0.1, 0.15) is 48.0 Å². The van der Waals surface area contributed by atoms with Crippen molar-refractivity contribution < 1.29 is 4.79 Å². The lowest BCUT2D eigenvalue weighted by molar-refractivity contribution is -0.114. The fourth-order valence-corrected chi connectivity index (χ4v) is 1.23. The van der Waals surface area contributed by atoms with Crippen LogP contribution < -0.4 is 5.73 Å². The van der Waals surface area contributed by atoms with Crippen molar-refractivity contribution in [3.05, 3.63) is 48.8 Å². The Labute approximate surface area is 151 Å². The van der Waals surface area contributed by atoms with Gasteiger partial charge >= 0.3 is 0 Å². The second-order valence-corrected chi connectivity index (χ2v) is 5.25. The summed E-state index contributed by atoms with van der Waals surface area (Å²) in [5, 5.41) is 6.46. The van der Waals surface area contributed by atoms with Crippen molar-refractivity contribution in [3.8, 4) is 0 Å². The molecule has 0 atom stereocenters. The third kappa shape index (κ3) is 14.6. The molecule has 3 N–H and O–H groups in total. The highest BCUT2D eigenvalue weighted by atomic mass is 16.1. The monoisotopic (exact) mass is 345 g/mol. The van der Waals surface area contributed by atoms with Crippen LogP contribution >= 0.6 is 0 Å². The normalized spacial score (nSPS) is 12.6. The molecule has 0 amide bonds. The number of carbonyl (C=O) groups is 1. The minimum Gasteiger partial charge on any atom is -0.368 e. The zero-order valence-corrected chi connectivity index (χ0v) is 16.3. The van der Waals surface area contributed by atoms with E-state index >= 15 is 0 Å². The number of ketones is 1.